The fraction of sp³-hybridized carbons (Fsp3) is 0.355. The number of rotatable bonds is 10. The van der Waals surface area contributed by atoms with Gasteiger partial charge >= 0.3 is 0 Å². The lowest BCUT2D eigenvalue weighted by molar-refractivity contribution is -0.131. The summed E-state index contributed by atoms with van der Waals surface area (Å²) in [5.74, 6) is 2.86. The predicted octanol–water partition coefficient (Wildman–Crippen LogP) is 5.50. The van der Waals surface area contributed by atoms with E-state index in [0.29, 0.717) is 30.4 Å². The van der Waals surface area contributed by atoms with E-state index in [1.807, 2.05) is 76.3 Å². The highest BCUT2D eigenvalue weighted by Gasteiger charge is 2.20. The maximum absolute atomic E-state index is 12.7. The number of anilines is 2. The van der Waals surface area contributed by atoms with Gasteiger partial charge in [0.15, 0.2) is 0 Å². The summed E-state index contributed by atoms with van der Waals surface area (Å²) in [5, 5.41) is 4.21. The van der Waals surface area contributed by atoms with Crippen LogP contribution in [0.15, 0.2) is 61.1 Å². The molecule has 0 aliphatic carbocycles. The van der Waals surface area contributed by atoms with Crippen LogP contribution in [0.4, 0.5) is 11.5 Å². The number of amides is 1. The molecule has 0 radical (unpaired) electrons. The smallest absolute Gasteiger partial charge is 0.236 e. The van der Waals surface area contributed by atoms with Crippen LogP contribution in [0.25, 0.3) is 10.9 Å². The van der Waals surface area contributed by atoms with E-state index in [1.54, 1.807) is 11.1 Å². The highest BCUT2D eigenvalue weighted by molar-refractivity contribution is 5.95. The van der Waals surface area contributed by atoms with E-state index in [2.05, 4.69) is 25.2 Å². The molecular formula is C31H36N6O3. The highest BCUT2D eigenvalue weighted by atomic mass is 16.5. The molecule has 2 aromatic carbocycles. The van der Waals surface area contributed by atoms with Gasteiger partial charge in [-0.1, -0.05) is 6.07 Å². The van der Waals surface area contributed by atoms with Crippen LogP contribution in [0.3, 0.4) is 0 Å². The van der Waals surface area contributed by atoms with Crippen molar-refractivity contribution in [3.8, 4) is 17.2 Å². The Labute approximate surface area is 235 Å². The zero-order chi connectivity index (χ0) is 28.1. The third kappa shape index (κ3) is 6.66. The predicted molar refractivity (Wildman–Crippen MR) is 156 cm³/mol. The number of benzene rings is 2. The third-order valence-corrected chi connectivity index (χ3v) is 7.02. The van der Waals surface area contributed by atoms with Crippen molar-refractivity contribution in [2.75, 3.05) is 38.5 Å². The fourth-order valence-corrected chi connectivity index (χ4v) is 4.89. The Bertz CT molecular complexity index is 1460. The summed E-state index contributed by atoms with van der Waals surface area (Å²) in [6.07, 6.45) is 5.37. The second-order valence-corrected chi connectivity index (χ2v) is 10.4. The van der Waals surface area contributed by atoms with Crippen LogP contribution < -0.4 is 14.8 Å². The first-order valence-corrected chi connectivity index (χ1v) is 13.7. The molecule has 1 fully saturated rings. The fourth-order valence-electron chi connectivity index (χ4n) is 4.89. The van der Waals surface area contributed by atoms with Gasteiger partial charge < -0.3 is 19.7 Å². The van der Waals surface area contributed by atoms with Crippen LogP contribution >= 0.6 is 0 Å². The minimum Gasteiger partial charge on any atom is -0.488 e. The van der Waals surface area contributed by atoms with Crippen LogP contribution in [-0.2, 0) is 4.79 Å². The number of hydrogen-bond acceptors (Lipinski definition) is 8. The summed E-state index contributed by atoms with van der Waals surface area (Å²) in [4.78, 5) is 30.0. The van der Waals surface area contributed by atoms with Gasteiger partial charge in [0.1, 0.15) is 35.5 Å². The summed E-state index contributed by atoms with van der Waals surface area (Å²) in [6.45, 7) is 8.85. The largest absolute Gasteiger partial charge is 0.488 e. The molecule has 1 atom stereocenters. The van der Waals surface area contributed by atoms with Gasteiger partial charge in [0.05, 0.1) is 30.2 Å². The number of nitrogens with one attached hydrogen (secondary N) is 1. The van der Waals surface area contributed by atoms with Crippen molar-refractivity contribution in [3.63, 3.8) is 0 Å². The van der Waals surface area contributed by atoms with Crippen LogP contribution in [0, 0.1) is 13.8 Å². The van der Waals surface area contributed by atoms with Crippen molar-refractivity contribution in [2.45, 2.75) is 39.7 Å². The molecule has 9 heteroatoms. The Kier molecular flexibility index (Phi) is 8.40. The highest BCUT2D eigenvalue weighted by Crippen LogP contribution is 2.34. The zero-order valence-corrected chi connectivity index (χ0v) is 23.6. The van der Waals surface area contributed by atoms with Gasteiger partial charge in [0, 0.05) is 18.4 Å². The number of ether oxygens (including phenoxy) is 2. The third-order valence-electron chi connectivity index (χ3n) is 7.02. The lowest BCUT2D eigenvalue weighted by Crippen LogP contribution is -2.41. The van der Waals surface area contributed by atoms with Gasteiger partial charge in [0.2, 0.25) is 5.91 Å². The number of pyridine rings is 1. The maximum Gasteiger partial charge on any atom is 0.236 e. The quantitative estimate of drug-likeness (QED) is 0.282. The average molecular weight is 541 g/mol. The van der Waals surface area contributed by atoms with E-state index in [1.165, 1.54) is 19.2 Å². The number of carbonyl (C=O) groups is 1. The standard InChI is InChI=1S/C31H36N6O3/c1-21-16-24(11-13-27(21)40-25-12-10-22(2)32-17-25)35-31-30-26(33-20-34-31)8-7-9-28(30)39-23(3)18-36(4)29(38)19-37-14-5-6-15-37/h7-13,16-17,20,23H,5-6,14-15,18-19H2,1-4H3,(H,33,34,35)/t23-/m1/s1. The second kappa shape index (κ2) is 12.3. The first-order valence-electron chi connectivity index (χ1n) is 13.7. The Balaban J connectivity index is 1.29. The molecule has 0 bridgehead atoms. The minimum atomic E-state index is -0.221. The number of carbonyl (C=O) groups excluding carboxylic acids is 1. The van der Waals surface area contributed by atoms with E-state index in [9.17, 15) is 4.79 Å². The SMILES string of the molecule is Cc1ccc(Oc2ccc(Nc3ncnc4cccc(O[C@H](C)CN(C)C(=O)CN5CCCC5)c34)cc2C)cn1. The summed E-state index contributed by atoms with van der Waals surface area (Å²) in [6, 6.07) is 15.5. The van der Waals surface area contributed by atoms with Gasteiger partial charge in [0.25, 0.3) is 0 Å². The lowest BCUT2D eigenvalue weighted by atomic mass is 10.1. The van der Waals surface area contributed by atoms with E-state index < -0.39 is 0 Å². The minimum absolute atomic E-state index is 0.113. The van der Waals surface area contributed by atoms with Crippen molar-refractivity contribution >= 4 is 28.3 Å². The van der Waals surface area contributed by atoms with Crippen LogP contribution in [0.2, 0.25) is 0 Å². The molecule has 0 saturated carbocycles. The van der Waals surface area contributed by atoms with Crippen LogP contribution in [-0.4, -0.2) is 70.0 Å². The number of likely N-dealkylation sites (tertiary alicyclic amines) is 1. The number of aromatic nitrogens is 3. The molecule has 9 nitrogen and oxygen atoms in total. The molecule has 5 rings (SSSR count). The molecule has 3 heterocycles. The number of hydrogen-bond donors (Lipinski definition) is 1. The molecule has 208 valence electrons. The monoisotopic (exact) mass is 540 g/mol. The molecule has 1 N–H and O–H groups in total. The summed E-state index contributed by atoms with van der Waals surface area (Å²) in [7, 11) is 1.84. The van der Waals surface area contributed by atoms with Gasteiger partial charge in [-0.25, -0.2) is 9.97 Å². The Morgan fingerprint density at radius 2 is 1.88 bits per heavy atom. The summed E-state index contributed by atoms with van der Waals surface area (Å²) in [5.41, 5.74) is 3.54. The zero-order valence-electron chi connectivity index (χ0n) is 23.6. The van der Waals surface area contributed by atoms with E-state index >= 15 is 0 Å². The molecule has 40 heavy (non-hydrogen) atoms. The Morgan fingerprint density at radius 1 is 1.05 bits per heavy atom. The van der Waals surface area contributed by atoms with Crippen LogP contribution in [0.5, 0.6) is 17.2 Å². The number of fused-ring (bicyclic) bond motifs is 1. The normalized spacial score (nSPS) is 14.2. The molecule has 2 aromatic heterocycles. The molecule has 1 amide bonds. The molecule has 4 aromatic rings. The molecule has 0 spiro atoms. The number of nitrogens with zero attached hydrogens (tertiary/aromatic N) is 5. The van der Waals surface area contributed by atoms with E-state index in [0.717, 1.165) is 46.7 Å². The first-order chi connectivity index (χ1) is 19.4. The molecule has 0 unspecified atom stereocenters. The van der Waals surface area contributed by atoms with Crippen molar-refractivity contribution in [1.29, 1.82) is 0 Å². The van der Waals surface area contributed by atoms with Crippen molar-refractivity contribution in [2.24, 2.45) is 0 Å². The molecule has 1 aliphatic heterocycles. The van der Waals surface area contributed by atoms with E-state index in [4.69, 9.17) is 9.47 Å². The summed E-state index contributed by atoms with van der Waals surface area (Å²) >= 11 is 0. The number of likely N-dealkylation sites (N-methyl/N-ethyl adjacent to an activating group) is 1. The maximum atomic E-state index is 12.7. The van der Waals surface area contributed by atoms with Crippen molar-refractivity contribution in [1.82, 2.24) is 24.8 Å². The van der Waals surface area contributed by atoms with Crippen LogP contribution in [0.1, 0.15) is 31.0 Å². The summed E-state index contributed by atoms with van der Waals surface area (Å²) < 4.78 is 12.4. The molecular weight excluding hydrogens is 504 g/mol. The van der Waals surface area contributed by atoms with E-state index in [-0.39, 0.29) is 12.0 Å². The van der Waals surface area contributed by atoms with Crippen molar-refractivity contribution < 1.29 is 14.3 Å². The first kappa shape index (κ1) is 27.3. The topological polar surface area (TPSA) is 92.7 Å². The molecule has 1 aliphatic rings. The van der Waals surface area contributed by atoms with Gasteiger partial charge in [-0.3, -0.25) is 14.7 Å². The van der Waals surface area contributed by atoms with Gasteiger partial charge in [-0.2, -0.15) is 0 Å². The molecule has 1 saturated heterocycles. The van der Waals surface area contributed by atoms with Crippen molar-refractivity contribution in [3.05, 3.63) is 72.3 Å². The number of aryl methyl sites for hydroxylation is 2. The second-order valence-electron chi connectivity index (χ2n) is 10.4. The van der Waals surface area contributed by atoms with Gasteiger partial charge in [-0.05, 0) is 94.7 Å². The average Bonchev–Trinajstić information content (AvgIpc) is 3.44. The van der Waals surface area contributed by atoms with Gasteiger partial charge in [-0.15, -0.1) is 0 Å². The lowest BCUT2D eigenvalue weighted by Gasteiger charge is -2.25. The Hall–Kier alpha value is -4.24. The Morgan fingerprint density at radius 3 is 2.62 bits per heavy atom.